The average molecular weight is 232 g/mol. The van der Waals surface area contributed by atoms with Crippen LogP contribution in [0.5, 0.6) is 0 Å². The Labute approximate surface area is 105 Å². The molecule has 0 atom stereocenters. The summed E-state index contributed by atoms with van der Waals surface area (Å²) in [6.07, 6.45) is 0. The average Bonchev–Trinajstić information content (AvgIpc) is 2.33. The first-order valence-corrected chi connectivity index (χ1v) is 6.56. The van der Waals surface area contributed by atoms with Crippen LogP contribution in [-0.2, 0) is 5.54 Å². The summed E-state index contributed by atoms with van der Waals surface area (Å²) in [5.74, 6) is 0. The molecule has 1 heterocycles. The Kier molecular flexibility index (Phi) is 3.55. The van der Waals surface area contributed by atoms with Crippen molar-refractivity contribution in [3.8, 4) is 0 Å². The maximum Gasteiger partial charge on any atom is 0.0408 e. The predicted octanol–water partition coefficient (Wildman–Crippen LogP) is 2.44. The van der Waals surface area contributed by atoms with Crippen LogP contribution >= 0.6 is 0 Å². The van der Waals surface area contributed by atoms with E-state index >= 15 is 0 Å². The van der Waals surface area contributed by atoms with Crippen molar-refractivity contribution in [3.05, 3.63) is 34.9 Å². The van der Waals surface area contributed by atoms with Gasteiger partial charge in [-0.2, -0.15) is 0 Å². The standard InChI is InChI=1S/C15H24N2/c1-12-6-5-7-14(13(12)2)15(3,4)17-10-8-16-9-11-17/h5-7,16H,8-11H2,1-4H3. The van der Waals surface area contributed by atoms with E-state index in [-0.39, 0.29) is 5.54 Å². The Balaban J connectivity index is 2.32. The molecule has 0 aromatic heterocycles. The van der Waals surface area contributed by atoms with E-state index in [2.05, 4.69) is 56.1 Å². The highest BCUT2D eigenvalue weighted by Gasteiger charge is 2.30. The molecule has 0 radical (unpaired) electrons. The Hall–Kier alpha value is -0.860. The van der Waals surface area contributed by atoms with Gasteiger partial charge in [0.25, 0.3) is 0 Å². The van der Waals surface area contributed by atoms with E-state index in [1.807, 2.05) is 0 Å². The van der Waals surface area contributed by atoms with E-state index in [1.54, 1.807) is 0 Å². The van der Waals surface area contributed by atoms with Gasteiger partial charge < -0.3 is 5.32 Å². The molecule has 1 aliphatic heterocycles. The second-order valence-electron chi connectivity index (χ2n) is 5.54. The number of nitrogens with zero attached hydrogens (tertiary/aromatic N) is 1. The number of benzene rings is 1. The number of rotatable bonds is 2. The Morgan fingerprint density at radius 1 is 1.12 bits per heavy atom. The van der Waals surface area contributed by atoms with E-state index in [9.17, 15) is 0 Å². The molecule has 1 aliphatic rings. The van der Waals surface area contributed by atoms with Gasteiger partial charge in [-0.3, -0.25) is 4.90 Å². The fourth-order valence-electron chi connectivity index (χ4n) is 2.81. The van der Waals surface area contributed by atoms with Crippen LogP contribution in [0.4, 0.5) is 0 Å². The fraction of sp³-hybridized carbons (Fsp3) is 0.600. The molecule has 0 amide bonds. The van der Waals surface area contributed by atoms with E-state index < -0.39 is 0 Å². The van der Waals surface area contributed by atoms with Crippen LogP contribution in [0.2, 0.25) is 0 Å². The summed E-state index contributed by atoms with van der Waals surface area (Å²) in [6.45, 7) is 13.6. The van der Waals surface area contributed by atoms with Gasteiger partial charge in [0.15, 0.2) is 0 Å². The predicted molar refractivity (Wildman–Crippen MR) is 73.4 cm³/mol. The summed E-state index contributed by atoms with van der Waals surface area (Å²) in [4.78, 5) is 2.59. The highest BCUT2D eigenvalue weighted by atomic mass is 15.2. The third-order valence-corrected chi connectivity index (χ3v) is 4.17. The fourth-order valence-corrected chi connectivity index (χ4v) is 2.81. The Morgan fingerprint density at radius 3 is 2.41 bits per heavy atom. The molecule has 1 aromatic rings. The lowest BCUT2D eigenvalue weighted by Gasteiger charge is -2.42. The molecule has 2 heteroatoms. The zero-order valence-electron chi connectivity index (χ0n) is 11.5. The van der Waals surface area contributed by atoms with Crippen LogP contribution in [-0.4, -0.2) is 31.1 Å². The smallest absolute Gasteiger partial charge is 0.0408 e. The lowest BCUT2D eigenvalue weighted by atomic mass is 9.86. The van der Waals surface area contributed by atoms with Crippen LogP contribution < -0.4 is 5.32 Å². The van der Waals surface area contributed by atoms with Gasteiger partial charge in [-0.05, 0) is 44.4 Å². The molecule has 1 aromatic carbocycles. The summed E-state index contributed by atoms with van der Waals surface area (Å²) in [7, 11) is 0. The van der Waals surface area contributed by atoms with Crippen LogP contribution in [0.15, 0.2) is 18.2 Å². The van der Waals surface area contributed by atoms with Crippen molar-refractivity contribution >= 4 is 0 Å². The lowest BCUT2D eigenvalue weighted by Crippen LogP contribution is -2.52. The molecule has 0 bridgehead atoms. The molecule has 2 rings (SSSR count). The number of aryl methyl sites for hydroxylation is 1. The first-order valence-electron chi connectivity index (χ1n) is 6.56. The van der Waals surface area contributed by atoms with Gasteiger partial charge in [0, 0.05) is 31.7 Å². The lowest BCUT2D eigenvalue weighted by molar-refractivity contribution is 0.102. The molecule has 1 saturated heterocycles. The zero-order valence-corrected chi connectivity index (χ0v) is 11.5. The van der Waals surface area contributed by atoms with Crippen molar-refractivity contribution in [2.24, 2.45) is 0 Å². The molecular formula is C15H24N2. The van der Waals surface area contributed by atoms with Crippen LogP contribution in [0.25, 0.3) is 0 Å². The van der Waals surface area contributed by atoms with Crippen molar-refractivity contribution in [1.29, 1.82) is 0 Å². The monoisotopic (exact) mass is 232 g/mol. The molecule has 17 heavy (non-hydrogen) atoms. The third-order valence-electron chi connectivity index (χ3n) is 4.17. The second-order valence-corrected chi connectivity index (χ2v) is 5.54. The summed E-state index contributed by atoms with van der Waals surface area (Å²) < 4.78 is 0. The van der Waals surface area contributed by atoms with Crippen LogP contribution in [0.1, 0.15) is 30.5 Å². The Morgan fingerprint density at radius 2 is 1.76 bits per heavy atom. The van der Waals surface area contributed by atoms with Gasteiger partial charge in [0.05, 0.1) is 0 Å². The maximum absolute atomic E-state index is 3.42. The number of hydrogen-bond donors (Lipinski definition) is 1. The van der Waals surface area contributed by atoms with Crippen molar-refractivity contribution in [3.63, 3.8) is 0 Å². The van der Waals surface area contributed by atoms with Gasteiger partial charge in [-0.15, -0.1) is 0 Å². The first-order chi connectivity index (χ1) is 8.03. The summed E-state index contributed by atoms with van der Waals surface area (Å²) >= 11 is 0. The van der Waals surface area contributed by atoms with Gasteiger partial charge in [0.1, 0.15) is 0 Å². The number of nitrogens with one attached hydrogen (secondary N) is 1. The normalized spacial score (nSPS) is 18.4. The molecular weight excluding hydrogens is 208 g/mol. The molecule has 1 N–H and O–H groups in total. The first kappa shape index (κ1) is 12.6. The highest BCUT2D eigenvalue weighted by molar-refractivity contribution is 5.37. The quantitative estimate of drug-likeness (QED) is 0.842. The molecule has 0 unspecified atom stereocenters. The number of hydrogen-bond acceptors (Lipinski definition) is 2. The van der Waals surface area contributed by atoms with E-state index in [0.717, 1.165) is 26.2 Å². The van der Waals surface area contributed by atoms with E-state index in [4.69, 9.17) is 0 Å². The zero-order chi connectivity index (χ0) is 12.5. The van der Waals surface area contributed by atoms with Gasteiger partial charge in [0.2, 0.25) is 0 Å². The second kappa shape index (κ2) is 4.79. The minimum absolute atomic E-state index is 0.137. The Bertz CT molecular complexity index is 390. The maximum atomic E-state index is 3.42. The summed E-state index contributed by atoms with van der Waals surface area (Å²) in [5, 5.41) is 3.42. The molecule has 94 valence electrons. The molecule has 0 saturated carbocycles. The topological polar surface area (TPSA) is 15.3 Å². The van der Waals surface area contributed by atoms with E-state index in [0.29, 0.717) is 0 Å². The van der Waals surface area contributed by atoms with Crippen molar-refractivity contribution < 1.29 is 0 Å². The van der Waals surface area contributed by atoms with Crippen molar-refractivity contribution in [2.75, 3.05) is 26.2 Å². The SMILES string of the molecule is Cc1cccc(C(C)(C)N2CCNCC2)c1C. The summed E-state index contributed by atoms with van der Waals surface area (Å²) in [6, 6.07) is 6.67. The van der Waals surface area contributed by atoms with Gasteiger partial charge in [-0.1, -0.05) is 18.2 Å². The largest absolute Gasteiger partial charge is 0.314 e. The van der Waals surface area contributed by atoms with Crippen molar-refractivity contribution in [2.45, 2.75) is 33.2 Å². The van der Waals surface area contributed by atoms with Crippen LogP contribution in [0, 0.1) is 13.8 Å². The van der Waals surface area contributed by atoms with Gasteiger partial charge in [-0.25, -0.2) is 0 Å². The molecule has 2 nitrogen and oxygen atoms in total. The molecule has 1 fully saturated rings. The third kappa shape index (κ3) is 2.38. The minimum atomic E-state index is 0.137. The van der Waals surface area contributed by atoms with Gasteiger partial charge >= 0.3 is 0 Å². The van der Waals surface area contributed by atoms with Crippen molar-refractivity contribution in [1.82, 2.24) is 10.2 Å². The highest BCUT2D eigenvalue weighted by Crippen LogP contribution is 2.31. The van der Waals surface area contributed by atoms with Crippen LogP contribution in [0.3, 0.4) is 0 Å². The number of piperazine rings is 1. The minimum Gasteiger partial charge on any atom is -0.314 e. The van der Waals surface area contributed by atoms with E-state index in [1.165, 1.54) is 16.7 Å². The molecule has 0 spiro atoms. The summed E-state index contributed by atoms with van der Waals surface area (Å²) in [5.41, 5.74) is 4.44. The molecule has 0 aliphatic carbocycles.